The first-order chi connectivity index (χ1) is 13.4. The van der Waals surface area contributed by atoms with Gasteiger partial charge in [-0.05, 0) is 20.2 Å². The van der Waals surface area contributed by atoms with Gasteiger partial charge in [-0.3, -0.25) is 9.59 Å². The van der Waals surface area contributed by atoms with E-state index >= 15 is 0 Å². The summed E-state index contributed by atoms with van der Waals surface area (Å²) in [6.07, 6.45) is 2.59. The molecule has 0 aromatic heterocycles. The highest BCUT2D eigenvalue weighted by molar-refractivity contribution is 5.79. The average molecular weight is 391 g/mol. The average Bonchev–Trinajstić information content (AvgIpc) is 2.67. The van der Waals surface area contributed by atoms with Crippen molar-refractivity contribution >= 4 is 11.8 Å². The summed E-state index contributed by atoms with van der Waals surface area (Å²) in [4.78, 5) is 25.9. The molecular weight excluding hydrogens is 362 g/mol. The quantitative estimate of drug-likeness (QED) is 0.515. The topological polar surface area (TPSA) is 100 Å². The summed E-state index contributed by atoms with van der Waals surface area (Å²) in [6, 6.07) is 7.05. The Kier molecular flexibility index (Phi) is 8.43. The molecule has 0 saturated heterocycles. The van der Waals surface area contributed by atoms with Crippen molar-refractivity contribution in [1.82, 2.24) is 15.5 Å². The SMILES string of the molecule is COc1ccccc1CNC(=O)C[C@@H]1C=C[C@H](NC(=O)CN(C)C)[C@@H](CO)O1. The Balaban J connectivity index is 1.86. The van der Waals surface area contributed by atoms with Gasteiger partial charge < -0.3 is 30.1 Å². The lowest BCUT2D eigenvalue weighted by Gasteiger charge is -2.32. The fourth-order valence-corrected chi connectivity index (χ4v) is 2.95. The highest BCUT2D eigenvalue weighted by atomic mass is 16.5. The Bertz CT molecular complexity index is 692. The van der Waals surface area contributed by atoms with Gasteiger partial charge >= 0.3 is 0 Å². The molecule has 8 heteroatoms. The minimum Gasteiger partial charge on any atom is -0.496 e. The molecule has 2 rings (SSSR count). The van der Waals surface area contributed by atoms with E-state index in [4.69, 9.17) is 9.47 Å². The Morgan fingerprint density at radius 2 is 1.96 bits per heavy atom. The number of carbonyl (C=O) groups is 2. The second-order valence-corrected chi connectivity index (χ2v) is 6.90. The molecule has 1 aliphatic heterocycles. The summed E-state index contributed by atoms with van der Waals surface area (Å²) in [5, 5.41) is 15.2. The molecule has 28 heavy (non-hydrogen) atoms. The maximum absolute atomic E-state index is 12.3. The molecule has 3 N–H and O–H groups in total. The summed E-state index contributed by atoms with van der Waals surface area (Å²) >= 11 is 0. The number of nitrogens with zero attached hydrogens (tertiary/aromatic N) is 1. The molecule has 0 radical (unpaired) electrons. The summed E-state index contributed by atoms with van der Waals surface area (Å²) in [6.45, 7) is 0.347. The lowest BCUT2D eigenvalue weighted by Crippen LogP contribution is -2.50. The van der Waals surface area contributed by atoms with Gasteiger partial charge in [0.2, 0.25) is 11.8 Å². The van der Waals surface area contributed by atoms with E-state index in [0.717, 1.165) is 5.56 Å². The number of para-hydroxylation sites is 1. The van der Waals surface area contributed by atoms with Crippen LogP contribution in [-0.2, 0) is 20.9 Å². The maximum atomic E-state index is 12.3. The lowest BCUT2D eigenvalue weighted by molar-refractivity contribution is -0.128. The second kappa shape index (κ2) is 10.8. The molecule has 8 nitrogen and oxygen atoms in total. The van der Waals surface area contributed by atoms with Gasteiger partial charge in [0.25, 0.3) is 0 Å². The normalized spacial score (nSPS) is 21.4. The molecule has 0 aliphatic carbocycles. The van der Waals surface area contributed by atoms with Crippen molar-refractivity contribution in [2.45, 2.75) is 31.2 Å². The summed E-state index contributed by atoms with van der Waals surface area (Å²) < 4.78 is 11.0. The number of carbonyl (C=O) groups excluding carboxylic acids is 2. The molecule has 1 aliphatic rings. The van der Waals surface area contributed by atoms with E-state index in [1.54, 1.807) is 38.3 Å². The molecule has 1 aromatic carbocycles. The molecule has 3 atom stereocenters. The van der Waals surface area contributed by atoms with Crippen LogP contribution in [0.4, 0.5) is 0 Å². The van der Waals surface area contributed by atoms with Crippen LogP contribution in [0, 0.1) is 0 Å². The lowest BCUT2D eigenvalue weighted by atomic mass is 10.0. The van der Waals surface area contributed by atoms with Crippen LogP contribution >= 0.6 is 0 Å². The highest BCUT2D eigenvalue weighted by Gasteiger charge is 2.29. The van der Waals surface area contributed by atoms with Crippen LogP contribution in [0.2, 0.25) is 0 Å². The number of amides is 2. The number of rotatable bonds is 9. The van der Waals surface area contributed by atoms with E-state index in [-0.39, 0.29) is 31.4 Å². The number of likely N-dealkylation sites (N-methyl/N-ethyl adjacent to an activating group) is 1. The van der Waals surface area contributed by atoms with E-state index in [0.29, 0.717) is 12.3 Å². The third-order valence-corrected chi connectivity index (χ3v) is 4.31. The van der Waals surface area contributed by atoms with Crippen molar-refractivity contribution < 1.29 is 24.2 Å². The summed E-state index contributed by atoms with van der Waals surface area (Å²) in [5.74, 6) is 0.385. The number of aliphatic hydroxyl groups is 1. The zero-order valence-corrected chi connectivity index (χ0v) is 16.6. The van der Waals surface area contributed by atoms with Crippen molar-refractivity contribution in [3.05, 3.63) is 42.0 Å². The van der Waals surface area contributed by atoms with E-state index in [2.05, 4.69) is 10.6 Å². The van der Waals surface area contributed by atoms with Crippen LogP contribution in [-0.4, -0.2) is 74.4 Å². The number of hydrogen-bond donors (Lipinski definition) is 3. The van der Waals surface area contributed by atoms with Crippen molar-refractivity contribution in [1.29, 1.82) is 0 Å². The Morgan fingerprint density at radius 3 is 2.64 bits per heavy atom. The number of aliphatic hydroxyl groups excluding tert-OH is 1. The minimum atomic E-state index is -0.594. The first-order valence-electron chi connectivity index (χ1n) is 9.20. The number of ether oxygens (including phenoxy) is 2. The predicted octanol–water partition coefficient (Wildman–Crippen LogP) is 0.0638. The number of hydrogen-bond acceptors (Lipinski definition) is 6. The monoisotopic (exact) mass is 391 g/mol. The van der Waals surface area contributed by atoms with Gasteiger partial charge in [-0.15, -0.1) is 0 Å². The Labute approximate surface area is 165 Å². The van der Waals surface area contributed by atoms with Crippen molar-refractivity contribution in [3.8, 4) is 5.75 Å². The molecule has 0 fully saturated rings. The summed E-state index contributed by atoms with van der Waals surface area (Å²) in [7, 11) is 5.19. The van der Waals surface area contributed by atoms with Crippen LogP contribution in [0.1, 0.15) is 12.0 Å². The number of benzene rings is 1. The van der Waals surface area contributed by atoms with Gasteiger partial charge in [0.15, 0.2) is 0 Å². The molecule has 0 bridgehead atoms. The molecule has 1 aromatic rings. The molecule has 1 heterocycles. The molecule has 2 amide bonds. The first kappa shape index (κ1) is 21.9. The van der Waals surface area contributed by atoms with E-state index in [9.17, 15) is 14.7 Å². The molecule has 0 unspecified atom stereocenters. The molecule has 154 valence electrons. The van der Waals surface area contributed by atoms with Crippen LogP contribution in [0.5, 0.6) is 5.75 Å². The minimum absolute atomic E-state index is 0.126. The van der Waals surface area contributed by atoms with E-state index < -0.39 is 18.2 Å². The Morgan fingerprint density at radius 1 is 1.21 bits per heavy atom. The molecule has 0 saturated carbocycles. The van der Waals surface area contributed by atoms with Gasteiger partial charge in [-0.1, -0.05) is 30.4 Å². The fourth-order valence-electron chi connectivity index (χ4n) is 2.95. The van der Waals surface area contributed by atoms with Crippen LogP contribution < -0.4 is 15.4 Å². The number of methoxy groups -OCH3 is 1. The zero-order valence-electron chi connectivity index (χ0n) is 16.6. The van der Waals surface area contributed by atoms with Crippen LogP contribution in [0.3, 0.4) is 0 Å². The largest absolute Gasteiger partial charge is 0.496 e. The van der Waals surface area contributed by atoms with E-state index in [1.807, 2.05) is 24.3 Å². The van der Waals surface area contributed by atoms with Crippen molar-refractivity contribution in [2.75, 3.05) is 34.4 Å². The standard InChI is InChI=1S/C20H29N3O5/c1-23(2)12-20(26)22-16-9-8-15(28-18(16)13-24)10-19(25)21-11-14-6-4-5-7-17(14)27-3/h4-9,15-16,18,24H,10-13H2,1-3H3,(H,21,25)(H,22,26)/t15-,16-,18+/m0/s1. The van der Waals surface area contributed by atoms with Gasteiger partial charge in [-0.25, -0.2) is 0 Å². The van der Waals surface area contributed by atoms with Gasteiger partial charge in [0.05, 0.1) is 38.8 Å². The van der Waals surface area contributed by atoms with Gasteiger partial charge in [-0.2, -0.15) is 0 Å². The van der Waals surface area contributed by atoms with Gasteiger partial charge in [0.1, 0.15) is 11.9 Å². The fraction of sp³-hybridized carbons (Fsp3) is 0.500. The predicted molar refractivity (Wildman–Crippen MR) is 105 cm³/mol. The summed E-state index contributed by atoms with van der Waals surface area (Å²) in [5.41, 5.74) is 0.885. The third kappa shape index (κ3) is 6.63. The molecular formula is C20H29N3O5. The van der Waals surface area contributed by atoms with Crippen molar-refractivity contribution in [3.63, 3.8) is 0 Å². The highest BCUT2D eigenvalue weighted by Crippen LogP contribution is 2.18. The molecule has 0 spiro atoms. The first-order valence-corrected chi connectivity index (χ1v) is 9.20. The van der Waals surface area contributed by atoms with Crippen LogP contribution in [0.25, 0.3) is 0 Å². The third-order valence-electron chi connectivity index (χ3n) is 4.31. The smallest absolute Gasteiger partial charge is 0.234 e. The Hall–Kier alpha value is -2.42. The zero-order chi connectivity index (χ0) is 20.5. The van der Waals surface area contributed by atoms with Crippen LogP contribution in [0.15, 0.2) is 36.4 Å². The number of nitrogens with one attached hydrogen (secondary N) is 2. The van der Waals surface area contributed by atoms with E-state index in [1.165, 1.54) is 0 Å². The van der Waals surface area contributed by atoms with Crippen molar-refractivity contribution in [2.24, 2.45) is 0 Å². The second-order valence-electron chi connectivity index (χ2n) is 6.90. The maximum Gasteiger partial charge on any atom is 0.234 e. The van der Waals surface area contributed by atoms with Gasteiger partial charge in [0, 0.05) is 12.1 Å².